The van der Waals surface area contributed by atoms with E-state index < -0.39 is 30.1 Å². The van der Waals surface area contributed by atoms with Gasteiger partial charge in [-0.15, -0.1) is 0 Å². The Morgan fingerprint density at radius 1 is 1.14 bits per heavy atom. The van der Waals surface area contributed by atoms with Gasteiger partial charge in [-0.1, -0.05) is 48.0 Å². The molecule has 7 nitrogen and oxygen atoms in total. The number of carboxylic acid groups (broad SMARTS) is 1. The molecule has 1 amide bonds. The van der Waals surface area contributed by atoms with Crippen molar-refractivity contribution in [1.29, 1.82) is 0 Å². The van der Waals surface area contributed by atoms with Crippen LogP contribution in [0.5, 0.6) is 5.75 Å². The van der Waals surface area contributed by atoms with Crippen LogP contribution in [0.25, 0.3) is 5.76 Å². The van der Waals surface area contributed by atoms with Gasteiger partial charge in [0.15, 0.2) is 0 Å². The zero-order chi connectivity index (χ0) is 21.1. The number of Topliss-reactive ketones (excluding diaryl/α,β-unsaturated/α-hetero) is 1. The lowest BCUT2D eigenvalue weighted by Crippen LogP contribution is -2.34. The molecule has 0 aliphatic carbocycles. The van der Waals surface area contributed by atoms with E-state index in [9.17, 15) is 24.6 Å². The lowest BCUT2D eigenvalue weighted by Gasteiger charge is -2.26. The molecule has 29 heavy (non-hydrogen) atoms. The molecule has 0 saturated carbocycles. The van der Waals surface area contributed by atoms with Gasteiger partial charge in [0.1, 0.15) is 11.5 Å². The normalized spacial score (nSPS) is 18.1. The Balaban J connectivity index is 2.20. The summed E-state index contributed by atoms with van der Waals surface area (Å²) >= 11 is 0. The molecule has 0 aromatic heterocycles. The third-order valence-electron chi connectivity index (χ3n) is 4.86. The van der Waals surface area contributed by atoms with Gasteiger partial charge in [-0.3, -0.25) is 9.59 Å². The summed E-state index contributed by atoms with van der Waals surface area (Å²) in [6, 6.07) is 12.7. The second kappa shape index (κ2) is 8.18. The van der Waals surface area contributed by atoms with E-state index >= 15 is 0 Å². The minimum Gasteiger partial charge on any atom is -0.550 e. The second-order valence-corrected chi connectivity index (χ2v) is 6.72. The fourth-order valence-corrected chi connectivity index (χ4v) is 3.40. The third-order valence-corrected chi connectivity index (χ3v) is 4.86. The molecule has 0 unspecified atom stereocenters. The van der Waals surface area contributed by atoms with Gasteiger partial charge in [0.2, 0.25) is 0 Å². The largest absolute Gasteiger partial charge is 0.550 e. The van der Waals surface area contributed by atoms with E-state index in [0.717, 1.165) is 10.5 Å². The Bertz CT molecular complexity index is 993. The maximum atomic E-state index is 12.8. The van der Waals surface area contributed by atoms with E-state index in [2.05, 4.69) is 0 Å². The van der Waals surface area contributed by atoms with Crippen molar-refractivity contribution < 1.29 is 29.3 Å². The molecule has 150 valence electrons. The van der Waals surface area contributed by atoms with Crippen LogP contribution < -0.4 is 9.84 Å². The first-order valence-electron chi connectivity index (χ1n) is 9.03. The monoisotopic (exact) mass is 394 g/mol. The van der Waals surface area contributed by atoms with Gasteiger partial charge in [0.05, 0.1) is 18.7 Å². The van der Waals surface area contributed by atoms with Crippen LogP contribution >= 0.6 is 0 Å². The number of aliphatic carboxylic acids is 1. The highest BCUT2D eigenvalue weighted by atomic mass is 16.5. The van der Waals surface area contributed by atoms with Gasteiger partial charge in [0.25, 0.3) is 11.7 Å². The minimum atomic E-state index is -1.34. The first-order chi connectivity index (χ1) is 13.8. The molecule has 2 aromatic rings. The van der Waals surface area contributed by atoms with Crippen molar-refractivity contribution in [1.82, 2.24) is 4.90 Å². The average molecular weight is 394 g/mol. The van der Waals surface area contributed by atoms with Crippen LogP contribution in [0.15, 0.2) is 54.1 Å². The number of aryl methyl sites for hydroxylation is 1. The summed E-state index contributed by atoms with van der Waals surface area (Å²) in [5, 5.41) is 21.9. The van der Waals surface area contributed by atoms with Crippen LogP contribution in [0, 0.1) is 6.92 Å². The maximum absolute atomic E-state index is 12.8. The summed E-state index contributed by atoms with van der Waals surface area (Å²) in [7, 11) is 1.45. The molecule has 1 N–H and O–H groups in total. The number of carbonyl (C=O) groups is 3. The molecule has 0 bridgehead atoms. The van der Waals surface area contributed by atoms with E-state index in [1.165, 1.54) is 7.11 Å². The van der Waals surface area contributed by atoms with E-state index in [0.29, 0.717) is 16.9 Å². The van der Waals surface area contributed by atoms with Crippen LogP contribution in [-0.4, -0.2) is 41.3 Å². The number of aliphatic hydroxyl groups excluding tert-OH is 1. The molecule has 1 aliphatic rings. The fourth-order valence-electron chi connectivity index (χ4n) is 3.40. The standard InChI is InChI=1S/C22H21NO6/c1-13-7-9-14(10-8-13)20(26)18-19(15-5-3-4-6-16(15)29-2)23(12-11-17(24)25)22(28)21(18)27/h3-10,19,26H,11-12H2,1-2H3,(H,24,25)/p-1/t19-/m0/s1. The van der Waals surface area contributed by atoms with Crippen LogP contribution in [0.2, 0.25) is 0 Å². The number of hydrogen-bond acceptors (Lipinski definition) is 6. The lowest BCUT2D eigenvalue weighted by molar-refractivity contribution is -0.305. The Morgan fingerprint density at radius 2 is 1.79 bits per heavy atom. The number of ketones is 1. The SMILES string of the molecule is COc1ccccc1[C@H]1C(=C(O)c2ccc(C)cc2)C(=O)C(=O)N1CCC(=O)[O-]. The smallest absolute Gasteiger partial charge is 0.295 e. The summed E-state index contributed by atoms with van der Waals surface area (Å²) in [6.45, 7) is 1.65. The third kappa shape index (κ3) is 3.85. The van der Waals surface area contributed by atoms with Crippen molar-refractivity contribution in [3.8, 4) is 5.75 Å². The molecular weight excluding hydrogens is 374 g/mol. The summed E-state index contributed by atoms with van der Waals surface area (Å²) in [6.07, 6.45) is -0.441. The van der Waals surface area contributed by atoms with Gasteiger partial charge >= 0.3 is 0 Å². The summed E-state index contributed by atoms with van der Waals surface area (Å²) < 4.78 is 5.37. The number of nitrogens with zero attached hydrogens (tertiary/aromatic N) is 1. The minimum absolute atomic E-state index is 0.110. The Labute approximate surface area is 167 Å². The lowest BCUT2D eigenvalue weighted by atomic mass is 9.94. The van der Waals surface area contributed by atoms with Gasteiger partial charge in [-0.05, 0) is 13.0 Å². The van der Waals surface area contributed by atoms with Crippen molar-refractivity contribution in [3.63, 3.8) is 0 Å². The Kier molecular flexibility index (Phi) is 5.68. The quantitative estimate of drug-likeness (QED) is 0.453. The first-order valence-corrected chi connectivity index (χ1v) is 9.03. The number of methoxy groups -OCH3 is 1. The molecule has 1 saturated heterocycles. The molecule has 0 radical (unpaired) electrons. The van der Waals surface area contributed by atoms with Crippen molar-refractivity contribution in [2.24, 2.45) is 0 Å². The Morgan fingerprint density at radius 3 is 2.41 bits per heavy atom. The van der Waals surface area contributed by atoms with Crippen LogP contribution in [0.3, 0.4) is 0 Å². The van der Waals surface area contributed by atoms with E-state index in [-0.39, 0.29) is 17.9 Å². The number of hydrogen-bond donors (Lipinski definition) is 1. The molecule has 1 fully saturated rings. The highest BCUT2D eigenvalue weighted by molar-refractivity contribution is 6.46. The summed E-state index contributed by atoms with van der Waals surface area (Å²) in [4.78, 5) is 37.6. The number of carbonyl (C=O) groups excluding carboxylic acids is 3. The number of carboxylic acids is 1. The molecular formula is C22H20NO6-. The predicted molar refractivity (Wildman–Crippen MR) is 103 cm³/mol. The van der Waals surface area contributed by atoms with Gasteiger partial charge < -0.3 is 24.6 Å². The Hall–Kier alpha value is -3.61. The van der Waals surface area contributed by atoms with Crippen molar-refractivity contribution >= 4 is 23.4 Å². The van der Waals surface area contributed by atoms with Crippen molar-refractivity contribution in [3.05, 3.63) is 70.8 Å². The van der Waals surface area contributed by atoms with Crippen molar-refractivity contribution in [2.45, 2.75) is 19.4 Å². The van der Waals surface area contributed by atoms with E-state index in [1.54, 1.807) is 48.5 Å². The van der Waals surface area contributed by atoms with Crippen LogP contribution in [0.4, 0.5) is 0 Å². The number of rotatable bonds is 6. The predicted octanol–water partition coefficient (Wildman–Crippen LogP) is 1.57. The molecule has 2 aromatic carbocycles. The molecule has 7 heteroatoms. The van der Waals surface area contributed by atoms with Gasteiger partial charge in [-0.25, -0.2) is 0 Å². The second-order valence-electron chi connectivity index (χ2n) is 6.72. The molecule has 0 spiro atoms. The topological polar surface area (TPSA) is 107 Å². The molecule has 1 aliphatic heterocycles. The fraction of sp³-hybridized carbons (Fsp3) is 0.227. The number of benzene rings is 2. The van der Waals surface area contributed by atoms with Crippen LogP contribution in [-0.2, 0) is 14.4 Å². The van der Waals surface area contributed by atoms with Crippen LogP contribution in [0.1, 0.15) is 29.2 Å². The van der Waals surface area contributed by atoms with Gasteiger partial charge in [0, 0.05) is 30.1 Å². The summed E-state index contributed by atoms with van der Waals surface area (Å²) in [5.41, 5.74) is 1.72. The molecule has 3 rings (SSSR count). The van der Waals surface area contributed by atoms with E-state index in [1.807, 2.05) is 6.92 Å². The number of aliphatic hydroxyl groups is 1. The van der Waals surface area contributed by atoms with Crippen molar-refractivity contribution in [2.75, 3.05) is 13.7 Å². The number of amides is 1. The highest BCUT2D eigenvalue weighted by Crippen LogP contribution is 2.42. The average Bonchev–Trinajstić information content (AvgIpc) is 2.96. The zero-order valence-corrected chi connectivity index (χ0v) is 16.0. The number of ether oxygens (including phenoxy) is 1. The maximum Gasteiger partial charge on any atom is 0.295 e. The highest BCUT2D eigenvalue weighted by Gasteiger charge is 2.46. The molecule has 1 heterocycles. The summed E-state index contributed by atoms with van der Waals surface area (Å²) in [5.74, 6) is -3.01. The van der Waals surface area contributed by atoms with Gasteiger partial charge in [-0.2, -0.15) is 0 Å². The number of likely N-dealkylation sites (tertiary alicyclic amines) is 1. The zero-order valence-electron chi connectivity index (χ0n) is 16.0. The van der Waals surface area contributed by atoms with E-state index in [4.69, 9.17) is 4.74 Å². The first kappa shape index (κ1) is 20.1. The molecule has 1 atom stereocenters. The number of para-hydroxylation sites is 1.